The number of fused-ring (bicyclic) bond motifs is 1. The monoisotopic (exact) mass is 378 g/mol. The number of hydrogen-bond acceptors (Lipinski definition) is 5. The van der Waals surface area contributed by atoms with Crippen molar-refractivity contribution in [3.05, 3.63) is 60.7 Å². The normalized spacial score (nSPS) is 10.2. The van der Waals surface area contributed by atoms with Crippen molar-refractivity contribution in [2.45, 2.75) is 6.92 Å². The largest absolute Gasteiger partial charge is 0.481 e. The standard InChI is InChI=1S/C17H11FN6.C2H4O2/c1-23-9-14(8-21-23)12-4-15(11-2-3-16(18)20-6-11)17-13(5-19)7-22-24(17)10-12;1-2(3)4/h2-4,6-10H,1H3;1H3,(H,3,4). The van der Waals surface area contributed by atoms with Crippen LogP contribution in [0.5, 0.6) is 0 Å². The van der Waals surface area contributed by atoms with Gasteiger partial charge in [-0.2, -0.15) is 19.8 Å². The Morgan fingerprint density at radius 3 is 2.46 bits per heavy atom. The second-order valence-electron chi connectivity index (χ2n) is 5.90. The van der Waals surface area contributed by atoms with Crippen molar-refractivity contribution in [2.75, 3.05) is 0 Å². The van der Waals surface area contributed by atoms with E-state index in [2.05, 4.69) is 21.3 Å². The van der Waals surface area contributed by atoms with Crippen LogP contribution in [0.25, 0.3) is 27.8 Å². The summed E-state index contributed by atoms with van der Waals surface area (Å²) in [4.78, 5) is 12.7. The first-order chi connectivity index (χ1) is 13.4. The number of pyridine rings is 2. The Kier molecular flexibility index (Phi) is 5.13. The summed E-state index contributed by atoms with van der Waals surface area (Å²) in [6.45, 7) is 1.08. The molecule has 0 aliphatic rings. The van der Waals surface area contributed by atoms with Crippen LogP contribution in [0.3, 0.4) is 0 Å². The first kappa shape index (κ1) is 18.7. The van der Waals surface area contributed by atoms with Gasteiger partial charge in [-0.25, -0.2) is 9.50 Å². The Hall–Kier alpha value is -4.06. The molecule has 0 unspecified atom stereocenters. The molecule has 0 amide bonds. The third kappa shape index (κ3) is 3.86. The lowest BCUT2D eigenvalue weighted by Gasteiger charge is -2.08. The summed E-state index contributed by atoms with van der Waals surface area (Å²) < 4.78 is 16.5. The van der Waals surface area contributed by atoms with Crippen molar-refractivity contribution in [3.8, 4) is 28.3 Å². The molecule has 9 heteroatoms. The lowest BCUT2D eigenvalue weighted by atomic mass is 10.0. The van der Waals surface area contributed by atoms with E-state index in [0.717, 1.165) is 23.6 Å². The Balaban J connectivity index is 0.000000516. The molecule has 0 atom stereocenters. The number of hydrogen-bond donors (Lipinski definition) is 1. The van der Waals surface area contributed by atoms with Gasteiger partial charge < -0.3 is 5.11 Å². The molecule has 4 aromatic heterocycles. The van der Waals surface area contributed by atoms with Gasteiger partial charge in [0.1, 0.15) is 6.07 Å². The SMILES string of the molecule is CC(=O)O.Cn1cc(-c2cc(-c3ccc(F)nc3)c3c(C#N)cnn3c2)cn1. The molecule has 28 heavy (non-hydrogen) atoms. The highest BCUT2D eigenvalue weighted by atomic mass is 19.1. The number of halogens is 1. The van der Waals surface area contributed by atoms with E-state index < -0.39 is 11.9 Å². The van der Waals surface area contributed by atoms with E-state index in [9.17, 15) is 9.65 Å². The van der Waals surface area contributed by atoms with Crippen LogP contribution >= 0.6 is 0 Å². The molecule has 0 spiro atoms. The molecule has 140 valence electrons. The Bertz CT molecular complexity index is 1180. The topological polar surface area (TPSA) is 109 Å². The second-order valence-corrected chi connectivity index (χ2v) is 5.90. The number of carboxylic acid groups (broad SMARTS) is 1. The summed E-state index contributed by atoms with van der Waals surface area (Å²) in [5, 5.41) is 25.2. The molecule has 0 aliphatic carbocycles. The third-order valence-corrected chi connectivity index (χ3v) is 3.81. The van der Waals surface area contributed by atoms with E-state index in [1.807, 2.05) is 25.5 Å². The number of carbonyl (C=O) groups is 1. The molecular formula is C19H15FN6O2. The van der Waals surface area contributed by atoms with Gasteiger partial charge in [0.15, 0.2) is 0 Å². The maximum absolute atomic E-state index is 13.2. The van der Waals surface area contributed by atoms with E-state index in [4.69, 9.17) is 9.90 Å². The van der Waals surface area contributed by atoms with Gasteiger partial charge in [0, 0.05) is 54.8 Å². The molecule has 4 aromatic rings. The van der Waals surface area contributed by atoms with Crippen molar-refractivity contribution in [2.24, 2.45) is 7.05 Å². The quantitative estimate of drug-likeness (QED) is 0.537. The lowest BCUT2D eigenvalue weighted by molar-refractivity contribution is -0.134. The first-order valence-electron chi connectivity index (χ1n) is 8.11. The summed E-state index contributed by atoms with van der Waals surface area (Å²) in [7, 11) is 1.84. The number of nitriles is 1. The second kappa shape index (κ2) is 7.67. The predicted molar refractivity (Wildman–Crippen MR) is 98.6 cm³/mol. The molecule has 0 fully saturated rings. The van der Waals surface area contributed by atoms with Gasteiger partial charge in [-0.3, -0.25) is 9.48 Å². The third-order valence-electron chi connectivity index (χ3n) is 3.81. The zero-order valence-corrected chi connectivity index (χ0v) is 15.0. The number of aliphatic carboxylic acids is 1. The molecular weight excluding hydrogens is 363 g/mol. The number of aryl methyl sites for hydroxylation is 1. The number of nitrogens with zero attached hydrogens (tertiary/aromatic N) is 6. The molecule has 4 heterocycles. The average Bonchev–Trinajstić information content (AvgIpc) is 3.27. The molecule has 4 rings (SSSR count). The van der Waals surface area contributed by atoms with Gasteiger partial charge in [-0.15, -0.1) is 0 Å². The predicted octanol–water partition coefficient (Wildman–Crippen LogP) is 2.90. The fourth-order valence-electron chi connectivity index (χ4n) is 2.69. The van der Waals surface area contributed by atoms with Gasteiger partial charge in [0.2, 0.25) is 5.95 Å². The molecule has 0 aliphatic heterocycles. The highest BCUT2D eigenvalue weighted by Crippen LogP contribution is 2.31. The van der Waals surface area contributed by atoms with Crippen molar-refractivity contribution in [1.82, 2.24) is 24.4 Å². The highest BCUT2D eigenvalue weighted by molar-refractivity contribution is 5.87. The smallest absolute Gasteiger partial charge is 0.300 e. The number of carboxylic acids is 1. The Labute approximate surface area is 159 Å². The Morgan fingerprint density at radius 2 is 1.89 bits per heavy atom. The minimum atomic E-state index is -0.833. The van der Waals surface area contributed by atoms with Crippen molar-refractivity contribution in [1.29, 1.82) is 5.26 Å². The summed E-state index contributed by atoms with van der Waals surface area (Å²) in [5.41, 5.74) is 4.40. The summed E-state index contributed by atoms with van der Waals surface area (Å²) in [5.74, 6) is -1.38. The minimum absolute atomic E-state index is 0.451. The van der Waals surface area contributed by atoms with Crippen LogP contribution in [0.4, 0.5) is 4.39 Å². The van der Waals surface area contributed by atoms with E-state index >= 15 is 0 Å². The van der Waals surface area contributed by atoms with Crippen LogP contribution in [-0.4, -0.2) is 35.5 Å². The molecule has 8 nitrogen and oxygen atoms in total. The molecule has 0 aromatic carbocycles. The Morgan fingerprint density at radius 1 is 1.14 bits per heavy atom. The van der Waals surface area contributed by atoms with Crippen LogP contribution in [-0.2, 0) is 11.8 Å². The van der Waals surface area contributed by atoms with Crippen LogP contribution in [0.15, 0.2) is 49.2 Å². The summed E-state index contributed by atoms with van der Waals surface area (Å²) in [6, 6.07) is 7.01. The van der Waals surface area contributed by atoms with Crippen molar-refractivity contribution in [3.63, 3.8) is 0 Å². The van der Waals surface area contributed by atoms with Crippen LogP contribution in [0.1, 0.15) is 12.5 Å². The fourth-order valence-corrected chi connectivity index (χ4v) is 2.69. The van der Waals surface area contributed by atoms with Crippen LogP contribution in [0, 0.1) is 17.3 Å². The summed E-state index contributed by atoms with van der Waals surface area (Å²) in [6.07, 6.45) is 8.45. The van der Waals surface area contributed by atoms with Crippen molar-refractivity contribution >= 4 is 11.5 Å². The number of aromatic nitrogens is 5. The van der Waals surface area contributed by atoms with E-state index in [0.29, 0.717) is 16.6 Å². The molecule has 1 N–H and O–H groups in total. The van der Waals surface area contributed by atoms with Gasteiger partial charge >= 0.3 is 0 Å². The highest BCUT2D eigenvalue weighted by Gasteiger charge is 2.14. The zero-order valence-electron chi connectivity index (χ0n) is 15.0. The van der Waals surface area contributed by atoms with E-state index in [-0.39, 0.29) is 0 Å². The first-order valence-corrected chi connectivity index (χ1v) is 8.11. The van der Waals surface area contributed by atoms with Crippen molar-refractivity contribution < 1.29 is 14.3 Å². The van der Waals surface area contributed by atoms with Gasteiger partial charge in [0.25, 0.3) is 5.97 Å². The maximum Gasteiger partial charge on any atom is 0.300 e. The lowest BCUT2D eigenvalue weighted by Crippen LogP contribution is -1.94. The average molecular weight is 378 g/mol. The van der Waals surface area contributed by atoms with Gasteiger partial charge in [-0.1, -0.05) is 0 Å². The molecule has 0 saturated heterocycles. The van der Waals surface area contributed by atoms with Crippen LogP contribution < -0.4 is 0 Å². The van der Waals surface area contributed by atoms with Gasteiger partial charge in [0.05, 0.1) is 23.5 Å². The van der Waals surface area contributed by atoms with E-state index in [1.54, 1.807) is 21.5 Å². The molecule has 0 bridgehead atoms. The zero-order chi connectivity index (χ0) is 20.3. The minimum Gasteiger partial charge on any atom is -0.481 e. The molecule has 0 saturated carbocycles. The number of rotatable bonds is 2. The molecule has 0 radical (unpaired) electrons. The summed E-state index contributed by atoms with van der Waals surface area (Å²) >= 11 is 0. The van der Waals surface area contributed by atoms with E-state index in [1.165, 1.54) is 18.5 Å². The van der Waals surface area contributed by atoms with Gasteiger partial charge in [-0.05, 0) is 18.2 Å². The fraction of sp³-hybridized carbons (Fsp3) is 0.105. The maximum atomic E-state index is 13.2. The van der Waals surface area contributed by atoms with Crippen LogP contribution in [0.2, 0.25) is 0 Å².